The van der Waals surface area contributed by atoms with E-state index in [1.807, 2.05) is 48.5 Å². The van der Waals surface area contributed by atoms with Gasteiger partial charge in [-0.1, -0.05) is 281 Å². The number of nitrogens with zero attached hydrogens (tertiary/aromatic N) is 4. The van der Waals surface area contributed by atoms with Crippen molar-refractivity contribution < 1.29 is 108 Å². The van der Waals surface area contributed by atoms with Gasteiger partial charge < -0.3 is 74.2 Å². The number of carbonyl (C=O) groups excluding carboxylic acids is 8. The Hall–Kier alpha value is -10.3. The fraction of sp³-hybridized carbons (Fsp3) is 0.482. The Balaban J connectivity index is 0.000000418. The third-order valence-electron chi connectivity index (χ3n) is 24.0. The Labute approximate surface area is 839 Å². The second-order valence-corrected chi connectivity index (χ2v) is 36.4. The molecule has 8 aromatic carbocycles. The zero-order chi connectivity index (χ0) is 97.7. The molecule has 0 bridgehead atoms. The number of alkyl carbamates (subject to hydrolysis) is 1. The van der Waals surface area contributed by atoms with Crippen molar-refractivity contribution in [3.05, 3.63) is 287 Å². The van der Waals surface area contributed by atoms with Gasteiger partial charge in [0, 0.05) is 93.1 Å². The maximum atomic E-state index is 13.4. The molecule has 0 unspecified atom stereocenters. The molecule has 6 aliphatic rings. The van der Waals surface area contributed by atoms with Crippen molar-refractivity contribution in [3.63, 3.8) is 0 Å². The normalized spacial score (nSPS) is 16.5. The topological polar surface area (TPSA) is 321 Å². The van der Waals surface area contributed by atoms with E-state index in [0.29, 0.717) is 31.0 Å². The molecule has 0 aromatic heterocycles. The Morgan fingerprint density at radius 1 is 0.526 bits per heavy atom. The molecule has 8 N–H and O–H groups in total. The fourth-order valence-corrected chi connectivity index (χ4v) is 16.8. The van der Waals surface area contributed by atoms with E-state index in [2.05, 4.69) is 247 Å². The number of nitrogens with two attached hydrogens (primary N) is 2. The van der Waals surface area contributed by atoms with Crippen molar-refractivity contribution >= 4 is 62.1 Å². The summed E-state index contributed by atoms with van der Waals surface area (Å²) in [5.41, 5.74) is 21.2. The number of nitrogens with one attached hydrogen (secondary N) is 3. The van der Waals surface area contributed by atoms with Gasteiger partial charge in [0.25, 0.3) is 0 Å². The molecule has 4 saturated heterocycles. The molecule has 0 spiro atoms. The fourth-order valence-electron chi connectivity index (χ4n) is 16.8. The van der Waals surface area contributed by atoms with Gasteiger partial charge in [0.1, 0.15) is 17.9 Å². The number of carboxylic acid groups (broad SMARTS) is 1. The number of halogens is 1. The molecule has 4 heterocycles. The minimum Gasteiger partial charge on any atom is -0.793 e. The number of aldehydes is 1. The van der Waals surface area contributed by atoms with E-state index in [-0.39, 0.29) is 71.5 Å². The number of benzene rings is 8. The molecule has 3 amide bonds. The molecule has 6 fully saturated rings. The van der Waals surface area contributed by atoms with E-state index < -0.39 is 47.2 Å². The molecule has 27 heteroatoms. The van der Waals surface area contributed by atoms with Gasteiger partial charge in [0.15, 0.2) is 11.4 Å². The van der Waals surface area contributed by atoms with E-state index in [9.17, 15) is 48.3 Å². The first-order valence-electron chi connectivity index (χ1n) is 48.5. The van der Waals surface area contributed by atoms with E-state index in [4.69, 9.17) is 20.9 Å². The number of carboxylic acids is 1. The van der Waals surface area contributed by atoms with Crippen LogP contribution in [0.4, 0.5) is 14.3 Å². The number of ketones is 1. The maximum absolute atomic E-state index is 13.4. The first kappa shape index (κ1) is 119. The van der Waals surface area contributed by atoms with Crippen LogP contribution in [0.5, 0.6) is 0 Å². The van der Waals surface area contributed by atoms with E-state index >= 15 is 0 Å². The minimum atomic E-state index is -0.979. The van der Waals surface area contributed by atoms with Gasteiger partial charge in [-0.05, 0) is 226 Å². The standard InChI is InChI=1S/C29H41N3O.C21H28N2.C16H19N.C13H23NO4.C9H13NO3.C8H11N.C8H8O.C4H6O4.C2H3BO2.FH.Na.H2/c30-28(26-15-8-3-9-16-26)29(33)32-20-10-17-27(32)23-31(21-18-24-11-4-1-5-12-24)22-19-25-13-6-2-7-14-25;1-3-8-19(9-4-1)13-16-23(18-21-12-7-15-22-21)17-14-20-10-5-2-6-11-20;1-3-7-15(8-4-1)11-13-17-14-12-16-9-5-2-6-10-16;1-13(2,3)18-12(17)14-10(11(15)16)9-7-5-4-6-8-9;1-9(2)7(11)6-4-3-5-10(6)8(12)13-9;2*9-7-6-8-4-2-1-3-5-8;1-3(5)7-8-4(2)6;1-2(4)5-3;;;/h1-2,4-7,11-14,26-28H,3,8-10,15-23,30H2;1-6,8-11,21-22H,7,12-18H2;1-10,17H,11-14H2;9-10H,4-8H2,1-3H3,(H,14,17)(H,15,16);6H,3-5H2,1-2H3;1-5H,6-7,9H2;1-5,7H,6H2;1-2H3;1H3;1H;;1H/q;;;;;;;;-1;;+1;/t27-,28-;21-;;10-;6-;;;;;;;/m00.00......./s1/i;;;;;;;;;;;1+1. The Bertz CT molecular complexity index is 4460. The maximum Gasteiger partial charge on any atom is 1.00 e. The van der Waals surface area contributed by atoms with Crippen LogP contribution in [0.25, 0.3) is 0 Å². The number of likely N-dealkylation sites (tertiary alicyclic amines) is 1. The third-order valence-corrected chi connectivity index (χ3v) is 24.0. The number of cyclic esters (lactones) is 1. The summed E-state index contributed by atoms with van der Waals surface area (Å²) in [4.78, 5) is 115. The van der Waals surface area contributed by atoms with Gasteiger partial charge in [0.2, 0.25) is 11.9 Å². The summed E-state index contributed by atoms with van der Waals surface area (Å²) in [7, 11) is 4.32. The summed E-state index contributed by atoms with van der Waals surface area (Å²) >= 11 is 0. The number of Topliss-reactive ketones (excluding diaryl/α,β-unsaturated/α-hetero) is 1. The zero-order valence-corrected chi connectivity index (χ0v) is 84.8. The van der Waals surface area contributed by atoms with Crippen molar-refractivity contribution in [2.24, 2.45) is 23.3 Å². The second-order valence-electron chi connectivity index (χ2n) is 36.4. The predicted octanol–water partition coefficient (Wildman–Crippen LogP) is 14.4. The second kappa shape index (κ2) is 69.5. The number of hydrogen-bond acceptors (Lipinski definition) is 20. The summed E-state index contributed by atoms with van der Waals surface area (Å²) in [6, 6.07) is 84.0. The van der Waals surface area contributed by atoms with Crippen molar-refractivity contribution in [2.45, 2.75) is 251 Å². The van der Waals surface area contributed by atoms with Gasteiger partial charge in [-0.2, -0.15) is 0 Å². The predicted molar refractivity (Wildman–Crippen MR) is 541 cm³/mol. The van der Waals surface area contributed by atoms with Gasteiger partial charge in [-0.15, -0.1) is 0 Å². The van der Waals surface area contributed by atoms with Crippen molar-refractivity contribution in [1.29, 1.82) is 0 Å². The Morgan fingerprint density at radius 2 is 0.898 bits per heavy atom. The smallest absolute Gasteiger partial charge is 0.793 e. The molecule has 2 saturated carbocycles. The van der Waals surface area contributed by atoms with E-state index in [1.165, 1.54) is 96.0 Å². The van der Waals surface area contributed by atoms with Crippen LogP contribution in [-0.4, -0.2) is 207 Å². The first-order chi connectivity index (χ1) is 65.1. The average molecular weight is 1900 g/mol. The molecule has 8 aromatic rings. The number of rotatable bonds is 31. The average Bonchev–Trinajstić information content (AvgIpc) is 1.59. The SMILES string of the molecule is CC(=O)OOC(C)=O.CC(C)(C)OC(=O)N[C@H](C(=O)O)C1CCCCC1.CC1(C)OC(=O)N2CCC[C@H]2C1=O.F.NCCc1ccccc1.N[C@H](C(=O)N1CCC[C@H]1CN(CCc1ccccc1)CCc1ccccc1)C1CCCCC1.O=CCc1ccccc1.[2HH].[B-]OC(C)=O.[Na+].c1ccc(CCN(CCc2ccccc2)C[C@@H]2CCCN2)cc1.c1ccc(CCNCCc2ccccc2)cc1. The molecular weight excluding hydrogens is 1740 g/mol. The number of carbonyl (C=O) groups is 9. The van der Waals surface area contributed by atoms with Crippen LogP contribution < -0.4 is 57.0 Å². The van der Waals surface area contributed by atoms with Crippen LogP contribution in [0, 0.1) is 11.8 Å². The van der Waals surface area contributed by atoms with E-state index in [1.54, 1.807) is 34.6 Å². The number of hydrogen-bond donors (Lipinski definition) is 6. The molecule has 24 nitrogen and oxygen atoms in total. The number of amides is 3. The van der Waals surface area contributed by atoms with Crippen molar-refractivity contribution in [2.75, 3.05) is 78.5 Å². The molecular formula is C110H155BFN9NaO15. The van der Waals surface area contributed by atoms with Crippen LogP contribution >= 0.6 is 0 Å². The minimum absolute atomic E-state index is 0. The van der Waals surface area contributed by atoms with Crippen LogP contribution in [-0.2, 0) is 109 Å². The van der Waals surface area contributed by atoms with Crippen molar-refractivity contribution in [1.82, 2.24) is 35.6 Å². The number of ether oxygens (including phenoxy) is 2. The molecule has 4 aliphatic heterocycles. The van der Waals surface area contributed by atoms with Crippen LogP contribution in [0.2, 0.25) is 0 Å². The number of aliphatic carboxylic acids is 1. The van der Waals surface area contributed by atoms with Crippen LogP contribution in [0.1, 0.15) is 204 Å². The van der Waals surface area contributed by atoms with E-state index in [0.717, 1.165) is 200 Å². The summed E-state index contributed by atoms with van der Waals surface area (Å²) in [5, 5.41) is 18.8. The van der Waals surface area contributed by atoms with Gasteiger partial charge in [0.05, 0.1) is 12.1 Å². The van der Waals surface area contributed by atoms with Gasteiger partial charge in [-0.3, -0.25) is 24.0 Å². The molecule has 3 radical (unpaired) electrons. The summed E-state index contributed by atoms with van der Waals surface area (Å²) in [6.07, 6.45) is 25.4. The molecule has 14 rings (SSSR count). The molecule has 741 valence electrons. The largest absolute Gasteiger partial charge is 1.00 e. The Morgan fingerprint density at radius 3 is 1.26 bits per heavy atom. The summed E-state index contributed by atoms with van der Waals surface area (Å²) in [6.45, 7) is 24.1. The first-order valence-corrected chi connectivity index (χ1v) is 48.5. The summed E-state index contributed by atoms with van der Waals surface area (Å²) in [5.74, 6) is -2.10. The Kier molecular flexibility index (Phi) is 60.4. The van der Waals surface area contributed by atoms with Gasteiger partial charge >= 0.3 is 59.7 Å². The van der Waals surface area contributed by atoms with Gasteiger partial charge in [-0.25, -0.2) is 33.7 Å². The molecule has 2 aliphatic carbocycles. The quantitative estimate of drug-likeness (QED) is 0.00773. The third kappa shape index (κ3) is 51.3. The zero-order valence-electron chi connectivity index (χ0n) is 82.8. The van der Waals surface area contributed by atoms with Crippen LogP contribution in [0.3, 0.4) is 0 Å². The van der Waals surface area contributed by atoms with Crippen molar-refractivity contribution in [3.8, 4) is 0 Å². The monoisotopic (exact) mass is 1900 g/mol. The molecule has 5 atom stereocenters. The molecule has 137 heavy (non-hydrogen) atoms. The van der Waals surface area contributed by atoms with Crippen LogP contribution in [0.15, 0.2) is 243 Å². The number of fused-ring (bicyclic) bond motifs is 1. The summed E-state index contributed by atoms with van der Waals surface area (Å²) < 4.78 is 13.7.